The monoisotopic (exact) mass is 357 g/mol. The Morgan fingerprint density at radius 3 is 2.67 bits per heavy atom. The molecule has 0 saturated heterocycles. The van der Waals surface area contributed by atoms with E-state index in [4.69, 9.17) is 6.42 Å². The summed E-state index contributed by atoms with van der Waals surface area (Å²) in [7, 11) is 0. The predicted molar refractivity (Wildman–Crippen MR) is 88.2 cm³/mol. The number of guanidine groups is 1. The highest BCUT2D eigenvalue weighted by Crippen LogP contribution is 2.07. The van der Waals surface area contributed by atoms with Gasteiger partial charge in [-0.3, -0.25) is 0 Å². The van der Waals surface area contributed by atoms with Gasteiger partial charge >= 0.3 is 0 Å². The van der Waals surface area contributed by atoms with Gasteiger partial charge in [0.05, 0.1) is 13.1 Å². The Balaban J connectivity index is 0.00000289. The molecule has 0 aliphatic heterocycles. The number of aliphatic imine (C=N–C) groups is 1. The molecule has 1 aromatic carbocycles. The Bertz CT molecular complexity index is 421. The molecular weight excluding hydrogens is 337 g/mol. The highest BCUT2D eigenvalue weighted by Gasteiger charge is 1.97. The molecule has 0 aromatic heterocycles. The molecule has 0 aliphatic carbocycles. The topological polar surface area (TPSA) is 36.4 Å². The van der Waals surface area contributed by atoms with Crippen LogP contribution in [0.15, 0.2) is 29.3 Å². The number of hydrogen-bond donors (Lipinski definition) is 2. The lowest BCUT2D eigenvalue weighted by Gasteiger charge is -2.09. The van der Waals surface area contributed by atoms with Crippen molar-refractivity contribution < 1.29 is 0 Å². The van der Waals surface area contributed by atoms with Crippen LogP contribution in [0.1, 0.15) is 18.1 Å². The number of hydrogen-bond acceptors (Lipinski definition) is 1. The molecule has 0 saturated carbocycles. The average molecular weight is 357 g/mol. The summed E-state index contributed by atoms with van der Waals surface area (Å²) in [5.74, 6) is 3.29. The smallest absolute Gasteiger partial charge is 0.192 e. The van der Waals surface area contributed by atoms with E-state index in [0.29, 0.717) is 13.1 Å². The lowest BCUT2D eigenvalue weighted by atomic mass is 10.1. The quantitative estimate of drug-likeness (QED) is 0.376. The van der Waals surface area contributed by atoms with E-state index < -0.39 is 0 Å². The summed E-state index contributed by atoms with van der Waals surface area (Å²) in [5.41, 5.74) is 2.48. The first-order valence-electron chi connectivity index (χ1n) is 5.78. The summed E-state index contributed by atoms with van der Waals surface area (Å²) in [6.45, 7) is 6.09. The van der Waals surface area contributed by atoms with Crippen molar-refractivity contribution >= 4 is 29.9 Å². The number of halogens is 1. The molecule has 0 radical (unpaired) electrons. The van der Waals surface area contributed by atoms with Gasteiger partial charge in [-0.15, -0.1) is 30.4 Å². The van der Waals surface area contributed by atoms with Crippen molar-refractivity contribution in [1.29, 1.82) is 0 Å². The van der Waals surface area contributed by atoms with E-state index in [9.17, 15) is 0 Å². The van der Waals surface area contributed by atoms with E-state index in [1.54, 1.807) is 0 Å². The zero-order valence-electron chi connectivity index (χ0n) is 10.9. The summed E-state index contributed by atoms with van der Waals surface area (Å²) in [5, 5.41) is 6.21. The molecule has 0 amide bonds. The first-order chi connectivity index (χ1) is 8.27. The van der Waals surface area contributed by atoms with Crippen molar-refractivity contribution in [3.63, 3.8) is 0 Å². The average Bonchev–Trinajstić information content (AvgIpc) is 2.34. The maximum absolute atomic E-state index is 5.21. The fraction of sp³-hybridized carbons (Fsp3) is 0.357. The van der Waals surface area contributed by atoms with Crippen molar-refractivity contribution in [2.24, 2.45) is 4.99 Å². The minimum atomic E-state index is 0. The zero-order valence-corrected chi connectivity index (χ0v) is 13.2. The van der Waals surface area contributed by atoms with Crippen molar-refractivity contribution in [2.45, 2.75) is 20.4 Å². The van der Waals surface area contributed by atoms with Gasteiger partial charge in [0.25, 0.3) is 0 Å². The third kappa shape index (κ3) is 5.92. The van der Waals surface area contributed by atoms with Gasteiger partial charge in [-0.25, -0.2) is 4.99 Å². The van der Waals surface area contributed by atoms with E-state index in [1.165, 1.54) is 11.1 Å². The SMILES string of the molecule is C#CCNC(=NCc1ccccc1C)NCC.I. The van der Waals surface area contributed by atoms with Crippen LogP contribution in [-0.4, -0.2) is 19.0 Å². The molecule has 4 heteroatoms. The fourth-order valence-corrected chi connectivity index (χ4v) is 1.43. The molecule has 0 aliphatic rings. The number of terminal acetylenes is 1. The van der Waals surface area contributed by atoms with E-state index in [1.807, 2.05) is 19.1 Å². The maximum Gasteiger partial charge on any atom is 0.192 e. The standard InChI is InChI=1S/C14H19N3.HI/c1-4-10-16-14(15-5-2)17-11-13-9-7-6-8-12(13)3;/h1,6-9H,5,10-11H2,2-3H3,(H2,15,16,17);1H. The second-order valence-corrected chi connectivity index (χ2v) is 3.68. The van der Waals surface area contributed by atoms with Gasteiger partial charge in [-0.05, 0) is 25.0 Å². The minimum Gasteiger partial charge on any atom is -0.357 e. The van der Waals surface area contributed by atoms with Crippen LogP contribution in [0.25, 0.3) is 0 Å². The van der Waals surface area contributed by atoms with Crippen LogP contribution in [-0.2, 0) is 6.54 Å². The Morgan fingerprint density at radius 2 is 2.06 bits per heavy atom. The van der Waals surface area contributed by atoms with Gasteiger partial charge in [0.15, 0.2) is 5.96 Å². The summed E-state index contributed by atoms with van der Waals surface area (Å²) in [6, 6.07) is 8.24. The van der Waals surface area contributed by atoms with Gasteiger partial charge in [0.1, 0.15) is 0 Å². The Kier molecular flexibility index (Phi) is 9.11. The van der Waals surface area contributed by atoms with Crippen LogP contribution in [0, 0.1) is 19.3 Å². The predicted octanol–water partition coefficient (Wildman–Crippen LogP) is 2.30. The highest BCUT2D eigenvalue weighted by molar-refractivity contribution is 14.0. The number of nitrogens with zero attached hydrogens (tertiary/aromatic N) is 1. The van der Waals surface area contributed by atoms with Crippen LogP contribution in [0.3, 0.4) is 0 Å². The number of benzene rings is 1. The molecule has 3 nitrogen and oxygen atoms in total. The normalized spacial score (nSPS) is 10.2. The van der Waals surface area contributed by atoms with Crippen molar-refractivity contribution in [1.82, 2.24) is 10.6 Å². The Hall–Kier alpha value is -1.22. The molecule has 0 heterocycles. The number of aryl methyl sites for hydroxylation is 1. The van der Waals surface area contributed by atoms with Gasteiger partial charge in [-0.2, -0.15) is 0 Å². The summed E-state index contributed by atoms with van der Waals surface area (Å²) in [6.07, 6.45) is 5.21. The van der Waals surface area contributed by atoms with Crippen LogP contribution in [0.4, 0.5) is 0 Å². The van der Waals surface area contributed by atoms with Crippen molar-refractivity contribution in [2.75, 3.05) is 13.1 Å². The lowest BCUT2D eigenvalue weighted by Crippen LogP contribution is -2.37. The molecular formula is C14H20IN3. The van der Waals surface area contributed by atoms with Gasteiger partial charge < -0.3 is 10.6 Å². The molecule has 0 fully saturated rings. The molecule has 0 unspecified atom stereocenters. The molecule has 2 N–H and O–H groups in total. The molecule has 0 bridgehead atoms. The van der Waals surface area contributed by atoms with Gasteiger partial charge in [0, 0.05) is 6.54 Å². The summed E-state index contributed by atoms with van der Waals surface area (Å²) in [4.78, 5) is 4.48. The van der Waals surface area contributed by atoms with Crippen LogP contribution in [0.2, 0.25) is 0 Å². The first kappa shape index (κ1) is 16.8. The minimum absolute atomic E-state index is 0. The second kappa shape index (κ2) is 9.77. The Labute approximate surface area is 126 Å². The third-order valence-electron chi connectivity index (χ3n) is 2.37. The molecule has 0 spiro atoms. The number of nitrogens with one attached hydrogen (secondary N) is 2. The van der Waals surface area contributed by atoms with Crippen LogP contribution >= 0.6 is 24.0 Å². The first-order valence-corrected chi connectivity index (χ1v) is 5.78. The van der Waals surface area contributed by atoms with Crippen LogP contribution < -0.4 is 10.6 Å². The highest BCUT2D eigenvalue weighted by atomic mass is 127. The van der Waals surface area contributed by atoms with E-state index in [2.05, 4.69) is 40.6 Å². The van der Waals surface area contributed by atoms with E-state index in [0.717, 1.165) is 12.5 Å². The fourth-order valence-electron chi connectivity index (χ4n) is 1.43. The Morgan fingerprint density at radius 1 is 1.33 bits per heavy atom. The molecule has 18 heavy (non-hydrogen) atoms. The summed E-state index contributed by atoms with van der Waals surface area (Å²) < 4.78 is 0. The van der Waals surface area contributed by atoms with E-state index >= 15 is 0 Å². The lowest BCUT2D eigenvalue weighted by molar-refractivity contribution is 0.863. The molecule has 0 atom stereocenters. The summed E-state index contributed by atoms with van der Waals surface area (Å²) >= 11 is 0. The van der Waals surface area contributed by atoms with Gasteiger partial charge in [-0.1, -0.05) is 30.2 Å². The number of rotatable bonds is 4. The third-order valence-corrected chi connectivity index (χ3v) is 2.37. The van der Waals surface area contributed by atoms with Crippen molar-refractivity contribution in [3.05, 3.63) is 35.4 Å². The molecule has 98 valence electrons. The molecule has 1 aromatic rings. The maximum atomic E-state index is 5.21. The largest absolute Gasteiger partial charge is 0.357 e. The van der Waals surface area contributed by atoms with Gasteiger partial charge in [0.2, 0.25) is 0 Å². The molecule has 1 rings (SSSR count). The van der Waals surface area contributed by atoms with Crippen molar-refractivity contribution in [3.8, 4) is 12.3 Å². The second-order valence-electron chi connectivity index (χ2n) is 3.68. The zero-order chi connectivity index (χ0) is 12.5. The van der Waals surface area contributed by atoms with E-state index in [-0.39, 0.29) is 24.0 Å². The van der Waals surface area contributed by atoms with Crippen LogP contribution in [0.5, 0.6) is 0 Å².